The molecule has 1 aromatic heterocycles. The number of aromatic nitrogens is 2. The quantitative estimate of drug-likeness (QED) is 0.515. The number of anilines is 1. The molecule has 3 N–H and O–H groups in total. The van der Waals surface area contributed by atoms with E-state index in [2.05, 4.69) is 15.3 Å². The number of ether oxygens (including phenoxy) is 2. The average Bonchev–Trinajstić information content (AvgIpc) is 3.20. The second-order valence-corrected chi connectivity index (χ2v) is 5.65. The van der Waals surface area contributed by atoms with E-state index in [9.17, 15) is 4.39 Å². The molecule has 8 heteroatoms. The molecule has 0 saturated heterocycles. The first-order chi connectivity index (χ1) is 13.1. The molecule has 0 fully saturated rings. The van der Waals surface area contributed by atoms with E-state index in [4.69, 9.17) is 15.2 Å². The van der Waals surface area contributed by atoms with Crippen LogP contribution in [0.25, 0.3) is 5.69 Å². The summed E-state index contributed by atoms with van der Waals surface area (Å²) < 4.78 is 26.4. The molecule has 0 unspecified atom stereocenters. The van der Waals surface area contributed by atoms with Crippen LogP contribution in [0.4, 0.5) is 10.1 Å². The van der Waals surface area contributed by atoms with Gasteiger partial charge in [-0.25, -0.2) is 14.4 Å². The summed E-state index contributed by atoms with van der Waals surface area (Å²) in [5, 5.41) is 2.97. The van der Waals surface area contributed by atoms with Gasteiger partial charge in [0.15, 0.2) is 5.96 Å². The van der Waals surface area contributed by atoms with Crippen molar-refractivity contribution in [3.63, 3.8) is 0 Å². The van der Waals surface area contributed by atoms with Crippen molar-refractivity contribution >= 4 is 11.6 Å². The molecule has 0 amide bonds. The van der Waals surface area contributed by atoms with E-state index in [1.165, 1.54) is 6.07 Å². The number of hydrogen-bond acceptors (Lipinski definition) is 4. The number of nitrogens with two attached hydrogens (primary N) is 1. The Balaban J connectivity index is 1.72. The van der Waals surface area contributed by atoms with Crippen molar-refractivity contribution in [1.29, 1.82) is 0 Å². The molecule has 0 radical (unpaired) electrons. The van der Waals surface area contributed by atoms with Crippen molar-refractivity contribution in [2.24, 2.45) is 10.7 Å². The number of rotatable bonds is 6. The summed E-state index contributed by atoms with van der Waals surface area (Å²) in [5.74, 6) is 1.08. The minimum absolute atomic E-state index is 0.181. The van der Waals surface area contributed by atoms with Gasteiger partial charge in [-0.1, -0.05) is 6.07 Å². The van der Waals surface area contributed by atoms with Gasteiger partial charge in [0.2, 0.25) is 0 Å². The number of methoxy groups -OCH3 is 2. The molecule has 0 saturated carbocycles. The summed E-state index contributed by atoms with van der Waals surface area (Å²) in [7, 11) is 3.13. The molecule has 0 aliphatic carbocycles. The Morgan fingerprint density at radius 3 is 2.74 bits per heavy atom. The first-order valence-electron chi connectivity index (χ1n) is 8.16. The topological polar surface area (TPSA) is 86.7 Å². The second-order valence-electron chi connectivity index (χ2n) is 5.65. The summed E-state index contributed by atoms with van der Waals surface area (Å²) in [4.78, 5) is 8.17. The van der Waals surface area contributed by atoms with Crippen LogP contribution in [-0.4, -0.2) is 29.7 Å². The molecular formula is C19H20FN5O2. The summed E-state index contributed by atoms with van der Waals surface area (Å²) in [5.41, 5.74) is 7.69. The van der Waals surface area contributed by atoms with Crippen molar-refractivity contribution in [1.82, 2.24) is 9.55 Å². The van der Waals surface area contributed by atoms with Gasteiger partial charge in [0.25, 0.3) is 0 Å². The molecule has 2 aromatic carbocycles. The Morgan fingerprint density at radius 1 is 1.22 bits per heavy atom. The first-order valence-corrected chi connectivity index (χ1v) is 8.16. The van der Waals surface area contributed by atoms with Crippen LogP contribution in [0, 0.1) is 5.82 Å². The molecule has 0 aliphatic heterocycles. The van der Waals surface area contributed by atoms with Crippen LogP contribution in [0.3, 0.4) is 0 Å². The third-order valence-electron chi connectivity index (χ3n) is 3.90. The highest BCUT2D eigenvalue weighted by molar-refractivity contribution is 5.94. The molecule has 0 atom stereocenters. The Bertz CT molecular complexity index is 941. The Morgan fingerprint density at radius 2 is 2.07 bits per heavy atom. The summed E-state index contributed by atoms with van der Waals surface area (Å²) in [6, 6.07) is 10.2. The number of nitrogens with one attached hydrogen (secondary N) is 1. The number of hydrogen-bond donors (Lipinski definition) is 2. The van der Waals surface area contributed by atoms with Crippen LogP contribution in [0.2, 0.25) is 0 Å². The molecular weight excluding hydrogens is 349 g/mol. The fourth-order valence-corrected chi connectivity index (χ4v) is 2.53. The number of aliphatic imine (C=N–C) groups is 1. The minimum Gasteiger partial charge on any atom is -0.497 e. The summed E-state index contributed by atoms with van der Waals surface area (Å²) in [6.07, 6.45) is 4.82. The molecule has 0 bridgehead atoms. The highest BCUT2D eigenvalue weighted by Crippen LogP contribution is 2.28. The lowest BCUT2D eigenvalue weighted by Crippen LogP contribution is -2.23. The van der Waals surface area contributed by atoms with Gasteiger partial charge < -0.3 is 25.1 Å². The monoisotopic (exact) mass is 369 g/mol. The lowest BCUT2D eigenvalue weighted by molar-refractivity contribution is 0.405. The average molecular weight is 369 g/mol. The van der Waals surface area contributed by atoms with Crippen molar-refractivity contribution in [2.75, 3.05) is 19.5 Å². The first kappa shape index (κ1) is 18.2. The Hall–Kier alpha value is -3.55. The van der Waals surface area contributed by atoms with E-state index in [1.54, 1.807) is 67.8 Å². The van der Waals surface area contributed by atoms with Crippen LogP contribution in [0.5, 0.6) is 11.5 Å². The Kier molecular flexibility index (Phi) is 5.55. The molecule has 0 spiro atoms. The maximum Gasteiger partial charge on any atom is 0.193 e. The van der Waals surface area contributed by atoms with Gasteiger partial charge in [-0.15, -0.1) is 0 Å². The van der Waals surface area contributed by atoms with Gasteiger partial charge in [-0.05, 0) is 29.8 Å². The van der Waals surface area contributed by atoms with E-state index in [-0.39, 0.29) is 18.3 Å². The number of nitrogens with zero attached hydrogens (tertiary/aromatic N) is 3. The second kappa shape index (κ2) is 8.22. The molecule has 3 rings (SSSR count). The van der Waals surface area contributed by atoms with Gasteiger partial charge in [-0.3, -0.25) is 0 Å². The van der Waals surface area contributed by atoms with Gasteiger partial charge in [0.05, 0.1) is 38.5 Å². The van der Waals surface area contributed by atoms with Crippen LogP contribution in [0.15, 0.2) is 60.1 Å². The molecule has 140 valence electrons. The highest BCUT2D eigenvalue weighted by Gasteiger charge is 2.07. The maximum absolute atomic E-state index is 14.3. The zero-order valence-corrected chi connectivity index (χ0v) is 15.0. The lowest BCUT2D eigenvalue weighted by atomic mass is 10.2. The van der Waals surface area contributed by atoms with E-state index in [0.717, 1.165) is 0 Å². The van der Waals surface area contributed by atoms with Crippen molar-refractivity contribution in [3.8, 4) is 17.2 Å². The SMILES string of the molecule is COc1ccc(OC)c(NC(N)=NCc2ccc(-n3ccnc3)c(F)c2)c1. The van der Waals surface area contributed by atoms with E-state index in [0.29, 0.717) is 28.4 Å². The number of imidazole rings is 1. The normalized spacial score (nSPS) is 11.3. The number of benzene rings is 2. The van der Waals surface area contributed by atoms with Crippen LogP contribution in [0.1, 0.15) is 5.56 Å². The van der Waals surface area contributed by atoms with Crippen LogP contribution in [-0.2, 0) is 6.54 Å². The molecule has 27 heavy (non-hydrogen) atoms. The van der Waals surface area contributed by atoms with Gasteiger partial charge >= 0.3 is 0 Å². The van der Waals surface area contributed by atoms with Crippen LogP contribution >= 0.6 is 0 Å². The largest absolute Gasteiger partial charge is 0.497 e. The minimum atomic E-state index is -0.360. The molecule has 0 aliphatic rings. The van der Waals surface area contributed by atoms with Gasteiger partial charge in [-0.2, -0.15) is 0 Å². The van der Waals surface area contributed by atoms with Crippen molar-refractivity contribution < 1.29 is 13.9 Å². The number of halogens is 1. The van der Waals surface area contributed by atoms with Crippen LogP contribution < -0.4 is 20.5 Å². The van der Waals surface area contributed by atoms with E-state index in [1.807, 2.05) is 0 Å². The molecule has 7 nitrogen and oxygen atoms in total. The molecule has 3 aromatic rings. The third-order valence-corrected chi connectivity index (χ3v) is 3.90. The predicted octanol–water partition coefficient (Wildman–Crippen LogP) is 2.96. The zero-order valence-electron chi connectivity index (χ0n) is 15.0. The standard InChI is InChI=1S/C19H20FN5O2/c1-26-14-4-6-18(27-2)16(10-14)24-19(21)23-11-13-3-5-17(15(20)9-13)25-8-7-22-12-25/h3-10,12H,11H2,1-2H3,(H3,21,23,24). The Labute approximate surface area is 156 Å². The van der Waals surface area contributed by atoms with E-state index < -0.39 is 0 Å². The van der Waals surface area contributed by atoms with Gasteiger partial charge in [0.1, 0.15) is 17.3 Å². The highest BCUT2D eigenvalue weighted by atomic mass is 19.1. The van der Waals surface area contributed by atoms with Gasteiger partial charge in [0, 0.05) is 18.5 Å². The predicted molar refractivity (Wildman–Crippen MR) is 102 cm³/mol. The zero-order chi connectivity index (χ0) is 19.2. The third kappa shape index (κ3) is 4.35. The van der Waals surface area contributed by atoms with Crippen molar-refractivity contribution in [3.05, 3.63) is 66.5 Å². The van der Waals surface area contributed by atoms with Crippen molar-refractivity contribution in [2.45, 2.75) is 6.54 Å². The lowest BCUT2D eigenvalue weighted by Gasteiger charge is -2.12. The fraction of sp³-hybridized carbons (Fsp3) is 0.158. The smallest absolute Gasteiger partial charge is 0.193 e. The summed E-state index contributed by atoms with van der Waals surface area (Å²) in [6.45, 7) is 0.228. The van der Waals surface area contributed by atoms with E-state index >= 15 is 0 Å². The number of guanidine groups is 1. The summed E-state index contributed by atoms with van der Waals surface area (Å²) >= 11 is 0. The maximum atomic E-state index is 14.3. The molecule has 1 heterocycles. The fourth-order valence-electron chi connectivity index (χ4n) is 2.53.